The van der Waals surface area contributed by atoms with Crippen LogP contribution in [0.15, 0.2) is 42.5 Å². The summed E-state index contributed by atoms with van der Waals surface area (Å²) >= 11 is 0. The summed E-state index contributed by atoms with van der Waals surface area (Å²) in [4.78, 5) is 12.1. The summed E-state index contributed by atoms with van der Waals surface area (Å²) in [5, 5.41) is 2.93. The highest BCUT2D eigenvalue weighted by atomic mass is 16.7. The number of hydrogen-bond donors (Lipinski definition) is 1. The topological polar surface area (TPSA) is 47.6 Å². The van der Waals surface area contributed by atoms with E-state index in [1.165, 1.54) is 0 Å². The van der Waals surface area contributed by atoms with Gasteiger partial charge in [0.25, 0.3) is 0 Å². The summed E-state index contributed by atoms with van der Waals surface area (Å²) in [6.45, 7) is 0.269. The molecule has 1 N–H and O–H groups in total. The molecule has 1 unspecified atom stereocenters. The van der Waals surface area contributed by atoms with E-state index in [-0.39, 0.29) is 18.6 Å². The predicted molar refractivity (Wildman–Crippen MR) is 74.1 cm³/mol. The first-order valence-corrected chi connectivity index (χ1v) is 6.59. The quantitative estimate of drug-likeness (QED) is 0.910. The summed E-state index contributed by atoms with van der Waals surface area (Å²) in [7, 11) is 0. The molecule has 2 heterocycles. The van der Waals surface area contributed by atoms with Crippen LogP contribution in [0.2, 0.25) is 0 Å². The summed E-state index contributed by atoms with van der Waals surface area (Å²) in [6, 6.07) is 13.7. The molecule has 0 spiro atoms. The van der Waals surface area contributed by atoms with Crippen LogP contribution < -0.4 is 14.8 Å². The first-order valence-electron chi connectivity index (χ1n) is 6.59. The molecule has 2 aromatic rings. The van der Waals surface area contributed by atoms with E-state index < -0.39 is 0 Å². The number of carbonyl (C=O) groups excluding carboxylic acids is 1. The van der Waals surface area contributed by atoms with E-state index in [4.69, 9.17) is 9.47 Å². The largest absolute Gasteiger partial charge is 0.454 e. The molecule has 0 aromatic heterocycles. The van der Waals surface area contributed by atoms with Crippen LogP contribution in [-0.2, 0) is 11.2 Å². The number of hydrogen-bond acceptors (Lipinski definition) is 3. The molecule has 0 radical (unpaired) electrons. The highest BCUT2D eigenvalue weighted by Gasteiger charge is 2.30. The van der Waals surface area contributed by atoms with E-state index in [0.717, 1.165) is 28.3 Å². The Kier molecular flexibility index (Phi) is 2.42. The second-order valence-corrected chi connectivity index (χ2v) is 5.02. The van der Waals surface area contributed by atoms with Crippen molar-refractivity contribution >= 4 is 11.6 Å². The number of carbonyl (C=O) groups is 1. The van der Waals surface area contributed by atoms with Crippen LogP contribution in [0, 0.1) is 0 Å². The number of benzene rings is 2. The monoisotopic (exact) mass is 267 g/mol. The molecule has 20 heavy (non-hydrogen) atoms. The Morgan fingerprint density at radius 1 is 1.10 bits per heavy atom. The van der Waals surface area contributed by atoms with Gasteiger partial charge in [0.05, 0.1) is 5.92 Å². The Balaban J connectivity index is 1.65. The Labute approximate surface area is 116 Å². The average Bonchev–Trinajstić information content (AvgIpc) is 3.04. The van der Waals surface area contributed by atoms with Gasteiger partial charge in [-0.1, -0.05) is 24.3 Å². The van der Waals surface area contributed by atoms with Gasteiger partial charge in [0, 0.05) is 5.69 Å². The zero-order valence-corrected chi connectivity index (χ0v) is 10.8. The minimum atomic E-state index is -0.133. The maximum atomic E-state index is 12.1. The summed E-state index contributed by atoms with van der Waals surface area (Å²) in [5.41, 5.74) is 3.06. The van der Waals surface area contributed by atoms with Gasteiger partial charge < -0.3 is 14.8 Å². The van der Waals surface area contributed by atoms with E-state index in [2.05, 4.69) is 5.32 Å². The van der Waals surface area contributed by atoms with Crippen LogP contribution in [0.3, 0.4) is 0 Å². The highest BCUT2D eigenvalue weighted by molar-refractivity contribution is 6.03. The zero-order valence-electron chi connectivity index (χ0n) is 10.8. The van der Waals surface area contributed by atoms with Gasteiger partial charge >= 0.3 is 0 Å². The van der Waals surface area contributed by atoms with Crippen molar-refractivity contribution in [2.24, 2.45) is 0 Å². The number of rotatable bonds is 2. The van der Waals surface area contributed by atoms with Crippen molar-refractivity contribution in [1.82, 2.24) is 0 Å². The van der Waals surface area contributed by atoms with Crippen LogP contribution in [0.1, 0.15) is 17.0 Å². The van der Waals surface area contributed by atoms with Crippen molar-refractivity contribution in [2.75, 3.05) is 12.1 Å². The number of anilines is 1. The van der Waals surface area contributed by atoms with Crippen molar-refractivity contribution in [2.45, 2.75) is 12.3 Å². The molecule has 2 aromatic carbocycles. The SMILES string of the molecule is O=C1Nc2ccccc2C1Cc1ccc2c(c1)OCO2. The molecule has 0 saturated carbocycles. The molecular weight excluding hydrogens is 254 g/mol. The fourth-order valence-electron chi connectivity index (χ4n) is 2.78. The number of nitrogens with one attached hydrogen (secondary N) is 1. The van der Waals surface area contributed by atoms with E-state index in [9.17, 15) is 4.79 Å². The molecule has 0 aliphatic carbocycles. The third-order valence-electron chi connectivity index (χ3n) is 3.79. The molecule has 1 amide bonds. The van der Waals surface area contributed by atoms with Gasteiger partial charge in [0.1, 0.15) is 0 Å². The molecule has 2 aliphatic rings. The van der Waals surface area contributed by atoms with E-state index >= 15 is 0 Å². The van der Waals surface area contributed by atoms with Gasteiger partial charge in [-0.2, -0.15) is 0 Å². The molecule has 0 bridgehead atoms. The van der Waals surface area contributed by atoms with Gasteiger partial charge in [-0.05, 0) is 35.7 Å². The molecule has 2 aliphatic heterocycles. The van der Waals surface area contributed by atoms with Gasteiger partial charge in [-0.15, -0.1) is 0 Å². The van der Waals surface area contributed by atoms with Crippen molar-refractivity contribution in [3.8, 4) is 11.5 Å². The van der Waals surface area contributed by atoms with Crippen molar-refractivity contribution in [1.29, 1.82) is 0 Å². The van der Waals surface area contributed by atoms with Gasteiger partial charge in [-0.3, -0.25) is 4.79 Å². The molecule has 4 rings (SSSR count). The van der Waals surface area contributed by atoms with Crippen LogP contribution in [0.4, 0.5) is 5.69 Å². The Morgan fingerprint density at radius 3 is 2.90 bits per heavy atom. The molecule has 0 fully saturated rings. The van der Waals surface area contributed by atoms with E-state index in [0.29, 0.717) is 6.42 Å². The lowest BCUT2D eigenvalue weighted by Crippen LogP contribution is -2.14. The first kappa shape index (κ1) is 11.3. The van der Waals surface area contributed by atoms with E-state index in [1.807, 2.05) is 42.5 Å². The lowest BCUT2D eigenvalue weighted by Gasteiger charge is -2.09. The maximum absolute atomic E-state index is 12.1. The second kappa shape index (κ2) is 4.27. The number of para-hydroxylation sites is 1. The third-order valence-corrected chi connectivity index (χ3v) is 3.79. The van der Waals surface area contributed by atoms with Gasteiger partial charge in [0.2, 0.25) is 12.7 Å². The standard InChI is InChI=1S/C16H13NO3/c18-16-12(11-3-1-2-4-13(11)17-16)7-10-5-6-14-15(8-10)20-9-19-14/h1-6,8,12H,7,9H2,(H,17,18). The van der Waals surface area contributed by atoms with Gasteiger partial charge in [-0.25, -0.2) is 0 Å². The van der Waals surface area contributed by atoms with Crippen molar-refractivity contribution < 1.29 is 14.3 Å². The van der Waals surface area contributed by atoms with Crippen LogP contribution >= 0.6 is 0 Å². The Morgan fingerprint density at radius 2 is 1.95 bits per heavy atom. The molecule has 4 heteroatoms. The van der Waals surface area contributed by atoms with Crippen molar-refractivity contribution in [3.63, 3.8) is 0 Å². The average molecular weight is 267 g/mol. The van der Waals surface area contributed by atoms with Crippen LogP contribution in [0.5, 0.6) is 11.5 Å². The zero-order chi connectivity index (χ0) is 13.5. The lowest BCUT2D eigenvalue weighted by atomic mass is 9.93. The summed E-state index contributed by atoms with van der Waals surface area (Å²) < 4.78 is 10.7. The predicted octanol–water partition coefficient (Wildman–Crippen LogP) is 2.69. The highest BCUT2D eigenvalue weighted by Crippen LogP contribution is 2.37. The molecule has 1 atom stereocenters. The minimum absolute atomic E-state index is 0.0591. The normalized spacial score (nSPS) is 18.8. The first-order chi connectivity index (χ1) is 9.81. The van der Waals surface area contributed by atoms with Crippen LogP contribution in [-0.4, -0.2) is 12.7 Å². The smallest absolute Gasteiger partial charge is 0.232 e. The Hall–Kier alpha value is -2.49. The van der Waals surface area contributed by atoms with E-state index in [1.54, 1.807) is 0 Å². The molecule has 4 nitrogen and oxygen atoms in total. The fraction of sp³-hybridized carbons (Fsp3) is 0.188. The molecular formula is C16H13NO3. The third kappa shape index (κ3) is 1.72. The number of fused-ring (bicyclic) bond motifs is 2. The summed E-state index contributed by atoms with van der Waals surface area (Å²) in [6.07, 6.45) is 0.666. The Bertz CT molecular complexity index is 696. The second-order valence-electron chi connectivity index (χ2n) is 5.02. The van der Waals surface area contributed by atoms with Crippen LogP contribution in [0.25, 0.3) is 0 Å². The maximum Gasteiger partial charge on any atom is 0.232 e. The molecule has 0 saturated heterocycles. The fourth-order valence-corrected chi connectivity index (χ4v) is 2.78. The lowest BCUT2D eigenvalue weighted by molar-refractivity contribution is -0.117. The number of amides is 1. The molecule has 100 valence electrons. The number of ether oxygens (including phenoxy) is 2. The van der Waals surface area contributed by atoms with Crippen molar-refractivity contribution in [3.05, 3.63) is 53.6 Å². The van der Waals surface area contributed by atoms with Gasteiger partial charge in [0.15, 0.2) is 11.5 Å². The summed E-state index contributed by atoms with van der Waals surface area (Å²) in [5.74, 6) is 1.45. The minimum Gasteiger partial charge on any atom is -0.454 e.